The first-order chi connectivity index (χ1) is 14.4. The minimum Gasteiger partial charge on any atom is -0.458 e. The van der Waals surface area contributed by atoms with Crippen LogP contribution in [0.3, 0.4) is 0 Å². The van der Waals surface area contributed by atoms with E-state index in [2.05, 4.69) is 5.10 Å². The second-order valence-electron chi connectivity index (χ2n) is 9.49. The van der Waals surface area contributed by atoms with E-state index in [1.54, 1.807) is 6.20 Å². The van der Waals surface area contributed by atoms with E-state index in [0.717, 1.165) is 5.46 Å². The summed E-state index contributed by atoms with van der Waals surface area (Å²) < 4.78 is 35.3. The van der Waals surface area contributed by atoms with Gasteiger partial charge in [-0.1, -0.05) is 0 Å². The van der Waals surface area contributed by atoms with E-state index in [4.69, 9.17) is 28.3 Å². The highest BCUT2D eigenvalue weighted by atomic mass is 16.7. The number of esters is 1. The van der Waals surface area contributed by atoms with Crippen molar-refractivity contribution in [2.24, 2.45) is 0 Å². The third-order valence-electron chi connectivity index (χ3n) is 5.03. The van der Waals surface area contributed by atoms with Gasteiger partial charge in [0.15, 0.2) is 0 Å². The quantitative estimate of drug-likeness (QED) is 0.275. The van der Waals surface area contributed by atoms with Crippen molar-refractivity contribution in [1.29, 1.82) is 0 Å². The zero-order valence-electron chi connectivity index (χ0n) is 19.9. The Bertz CT molecular complexity index is 684. The highest BCUT2D eigenvalue weighted by Gasteiger charge is 2.52. The average Bonchev–Trinajstić information content (AvgIpc) is 3.17. The standard InChI is InChI=1S/C21H37BN2O7/c1-19(2,3)29-18(25)16-28-13-12-27-11-10-26-9-8-24-15-17(14-23-24)22-30-20(4,5)21(6,7)31-22/h14-15H,8-13,16H2,1-7H3. The zero-order chi connectivity index (χ0) is 23.1. The smallest absolute Gasteiger partial charge is 0.458 e. The number of hydrogen-bond donors (Lipinski definition) is 0. The van der Waals surface area contributed by atoms with E-state index in [-0.39, 0.29) is 23.8 Å². The Morgan fingerprint density at radius 1 is 1.00 bits per heavy atom. The van der Waals surface area contributed by atoms with Crippen LogP contribution in [0.25, 0.3) is 0 Å². The maximum Gasteiger partial charge on any atom is 0.498 e. The first kappa shape index (κ1) is 25.8. The summed E-state index contributed by atoms with van der Waals surface area (Å²) in [7, 11) is -0.411. The molecule has 10 heteroatoms. The number of carbonyl (C=O) groups excluding carboxylic acids is 1. The molecule has 1 saturated heterocycles. The molecule has 0 aliphatic carbocycles. The van der Waals surface area contributed by atoms with Crippen molar-refractivity contribution in [1.82, 2.24) is 9.78 Å². The summed E-state index contributed by atoms with van der Waals surface area (Å²) in [6.07, 6.45) is 3.69. The Balaban J connectivity index is 1.50. The van der Waals surface area contributed by atoms with Crippen LogP contribution in [-0.2, 0) is 39.6 Å². The average molecular weight is 440 g/mol. The fraction of sp³-hybridized carbons (Fsp3) is 0.810. The van der Waals surface area contributed by atoms with E-state index >= 15 is 0 Å². The van der Waals surface area contributed by atoms with Crippen molar-refractivity contribution in [2.45, 2.75) is 71.8 Å². The van der Waals surface area contributed by atoms with E-state index in [0.29, 0.717) is 39.6 Å². The molecule has 0 amide bonds. The molecule has 1 aromatic rings. The van der Waals surface area contributed by atoms with Crippen molar-refractivity contribution >= 4 is 18.6 Å². The minimum absolute atomic E-state index is 0.0745. The lowest BCUT2D eigenvalue weighted by Gasteiger charge is -2.32. The summed E-state index contributed by atoms with van der Waals surface area (Å²) >= 11 is 0. The molecule has 31 heavy (non-hydrogen) atoms. The number of carbonyl (C=O) groups is 1. The minimum atomic E-state index is -0.502. The van der Waals surface area contributed by atoms with Crippen molar-refractivity contribution in [3.8, 4) is 0 Å². The molecule has 1 aliphatic heterocycles. The van der Waals surface area contributed by atoms with Crippen LogP contribution in [0.4, 0.5) is 0 Å². The fourth-order valence-corrected chi connectivity index (χ4v) is 2.73. The lowest BCUT2D eigenvalue weighted by Crippen LogP contribution is -2.41. The number of rotatable bonds is 12. The molecule has 2 heterocycles. The van der Waals surface area contributed by atoms with Gasteiger partial charge in [-0.15, -0.1) is 0 Å². The molecule has 0 N–H and O–H groups in total. The zero-order valence-corrected chi connectivity index (χ0v) is 19.9. The van der Waals surface area contributed by atoms with Gasteiger partial charge in [-0.2, -0.15) is 5.10 Å². The van der Waals surface area contributed by atoms with Gasteiger partial charge in [-0.05, 0) is 48.5 Å². The van der Waals surface area contributed by atoms with Gasteiger partial charge in [0.2, 0.25) is 0 Å². The second kappa shape index (κ2) is 10.9. The number of ether oxygens (including phenoxy) is 4. The van der Waals surface area contributed by atoms with E-state index < -0.39 is 12.7 Å². The van der Waals surface area contributed by atoms with Crippen molar-refractivity contribution in [2.75, 3.05) is 39.6 Å². The van der Waals surface area contributed by atoms with Crippen LogP contribution >= 0.6 is 0 Å². The largest absolute Gasteiger partial charge is 0.498 e. The molecule has 9 nitrogen and oxygen atoms in total. The highest BCUT2D eigenvalue weighted by molar-refractivity contribution is 6.61. The first-order valence-electron chi connectivity index (χ1n) is 10.7. The molecule has 2 rings (SSSR count). The van der Waals surface area contributed by atoms with E-state index in [1.807, 2.05) is 59.3 Å². The summed E-state index contributed by atoms with van der Waals surface area (Å²) in [5.74, 6) is -0.379. The van der Waals surface area contributed by atoms with Gasteiger partial charge >= 0.3 is 13.1 Å². The third-order valence-corrected chi connectivity index (χ3v) is 5.03. The molecule has 0 saturated carbocycles. The van der Waals surface area contributed by atoms with Crippen LogP contribution in [0.2, 0.25) is 0 Å². The number of nitrogens with zero attached hydrogens (tertiary/aromatic N) is 2. The van der Waals surface area contributed by atoms with Crippen molar-refractivity contribution < 1.29 is 33.1 Å². The lowest BCUT2D eigenvalue weighted by atomic mass is 9.82. The summed E-state index contributed by atoms with van der Waals surface area (Å²) in [6.45, 7) is 16.3. The molecule has 0 atom stereocenters. The molecule has 0 bridgehead atoms. The SMILES string of the molecule is CC(C)(C)OC(=O)COCCOCCOCCn1cc(B2OC(C)(C)C(C)(C)O2)cn1. The number of hydrogen-bond acceptors (Lipinski definition) is 8. The molecule has 1 aromatic heterocycles. The molecule has 176 valence electrons. The Hall–Kier alpha value is -1.46. The molecule has 1 fully saturated rings. The molecule has 0 aromatic carbocycles. The maximum absolute atomic E-state index is 11.5. The van der Waals surface area contributed by atoms with Crippen molar-refractivity contribution in [3.63, 3.8) is 0 Å². The monoisotopic (exact) mass is 440 g/mol. The molecule has 1 aliphatic rings. The molecular formula is C21H37BN2O7. The summed E-state index contributed by atoms with van der Waals surface area (Å²) in [5, 5.41) is 4.35. The summed E-state index contributed by atoms with van der Waals surface area (Å²) in [6, 6.07) is 0. The lowest BCUT2D eigenvalue weighted by molar-refractivity contribution is -0.160. The van der Waals surface area contributed by atoms with Gasteiger partial charge in [-0.3, -0.25) is 4.68 Å². The summed E-state index contributed by atoms with van der Waals surface area (Å²) in [4.78, 5) is 11.5. The van der Waals surface area contributed by atoms with Gasteiger partial charge in [0.25, 0.3) is 0 Å². The van der Waals surface area contributed by atoms with Gasteiger partial charge in [0.1, 0.15) is 12.2 Å². The van der Waals surface area contributed by atoms with Crippen LogP contribution in [0.1, 0.15) is 48.5 Å². The van der Waals surface area contributed by atoms with E-state index in [1.165, 1.54) is 0 Å². The topological polar surface area (TPSA) is 90.3 Å². The van der Waals surface area contributed by atoms with E-state index in [9.17, 15) is 4.79 Å². The van der Waals surface area contributed by atoms with Crippen LogP contribution in [0.5, 0.6) is 0 Å². The van der Waals surface area contributed by atoms with Crippen LogP contribution in [-0.4, -0.2) is 79.3 Å². The molecule has 0 unspecified atom stereocenters. The predicted molar refractivity (Wildman–Crippen MR) is 116 cm³/mol. The highest BCUT2D eigenvalue weighted by Crippen LogP contribution is 2.36. The third kappa shape index (κ3) is 8.54. The fourth-order valence-electron chi connectivity index (χ4n) is 2.73. The second-order valence-corrected chi connectivity index (χ2v) is 9.49. The first-order valence-corrected chi connectivity index (χ1v) is 10.7. The van der Waals surface area contributed by atoms with Crippen LogP contribution in [0, 0.1) is 0 Å². The molecule has 0 radical (unpaired) electrons. The molecule has 0 spiro atoms. The maximum atomic E-state index is 11.5. The van der Waals surface area contributed by atoms with Crippen molar-refractivity contribution in [3.05, 3.63) is 12.4 Å². The Morgan fingerprint density at radius 3 is 2.13 bits per heavy atom. The Labute approximate surface area is 185 Å². The summed E-state index contributed by atoms with van der Waals surface area (Å²) in [5.41, 5.74) is -0.348. The molecular weight excluding hydrogens is 403 g/mol. The predicted octanol–water partition coefficient (Wildman–Crippen LogP) is 1.57. The normalized spacial score (nSPS) is 17.8. The van der Waals surface area contributed by atoms with Gasteiger partial charge in [-0.25, -0.2) is 4.79 Å². The van der Waals surface area contributed by atoms with Crippen LogP contribution in [0.15, 0.2) is 12.4 Å². The Kier molecular flexibility index (Phi) is 9.08. The number of aromatic nitrogens is 2. The van der Waals surface area contributed by atoms with Gasteiger partial charge in [0, 0.05) is 17.9 Å². The Morgan fingerprint density at radius 2 is 1.55 bits per heavy atom. The van der Waals surface area contributed by atoms with Gasteiger partial charge < -0.3 is 28.3 Å². The van der Waals surface area contributed by atoms with Crippen LogP contribution < -0.4 is 5.46 Å². The van der Waals surface area contributed by atoms with Gasteiger partial charge in [0.05, 0.1) is 50.8 Å².